The first kappa shape index (κ1) is 17.2. The molecule has 0 bridgehead atoms. The molecule has 0 aliphatic rings. The van der Waals surface area contributed by atoms with E-state index >= 15 is 0 Å². The van der Waals surface area contributed by atoms with Crippen molar-refractivity contribution in [3.8, 4) is 0 Å². The van der Waals surface area contributed by atoms with Gasteiger partial charge in [0.25, 0.3) is 0 Å². The maximum Gasteiger partial charge on any atom is 0.335 e. The van der Waals surface area contributed by atoms with Crippen LogP contribution in [-0.2, 0) is 19.8 Å². The molecular weight excluding hydrogens is 279 g/mol. The van der Waals surface area contributed by atoms with Crippen molar-refractivity contribution in [1.29, 1.82) is 0 Å². The van der Waals surface area contributed by atoms with Crippen molar-refractivity contribution in [2.75, 3.05) is 13.2 Å². The highest BCUT2D eigenvalue weighted by Gasteiger charge is 2.27. The predicted molar refractivity (Wildman–Crippen MR) is 77.2 cm³/mol. The van der Waals surface area contributed by atoms with E-state index in [1.54, 1.807) is 26.8 Å². The lowest BCUT2D eigenvalue weighted by Crippen LogP contribution is -1.99. The van der Waals surface area contributed by atoms with Gasteiger partial charge in [-0.05, 0) is 33.3 Å². The lowest BCUT2D eigenvalue weighted by Gasteiger charge is -2.16. The van der Waals surface area contributed by atoms with E-state index in [4.69, 9.17) is 13.5 Å². The Balaban J connectivity index is 2.91. The molecule has 0 saturated heterocycles. The van der Waals surface area contributed by atoms with Crippen LogP contribution in [-0.4, -0.2) is 19.0 Å². The van der Waals surface area contributed by atoms with Crippen LogP contribution in [0.25, 0.3) is 0 Å². The van der Waals surface area contributed by atoms with Gasteiger partial charge in [-0.2, -0.15) is 0 Å². The number of rotatable bonds is 9. The molecule has 1 rings (SSSR count). The highest BCUT2D eigenvalue weighted by atomic mass is 31.2. The molecule has 0 N–H and O–H groups in total. The summed E-state index contributed by atoms with van der Waals surface area (Å²) >= 11 is 0. The van der Waals surface area contributed by atoms with E-state index in [1.165, 1.54) is 0 Å². The van der Waals surface area contributed by atoms with Gasteiger partial charge in [-0.1, -0.05) is 6.92 Å². The standard InChI is InChI=1S/C14H23O5P/c1-5-8-13(15)14-9-12(11(4)19-14)10-20(16,17-6-2)18-7-3/h9H,5-8,10H2,1-4H3. The van der Waals surface area contributed by atoms with Crippen LogP contribution in [0.5, 0.6) is 0 Å². The van der Waals surface area contributed by atoms with Gasteiger partial charge in [-0.15, -0.1) is 0 Å². The molecule has 5 nitrogen and oxygen atoms in total. The smallest absolute Gasteiger partial charge is 0.335 e. The number of carbonyl (C=O) groups is 1. The third-order valence-corrected chi connectivity index (χ3v) is 4.82. The minimum Gasteiger partial charge on any atom is -0.458 e. The predicted octanol–water partition coefficient (Wildman–Crippen LogP) is 4.34. The molecule has 0 radical (unpaired) electrons. The zero-order valence-corrected chi connectivity index (χ0v) is 13.5. The number of carbonyl (C=O) groups excluding carboxylic acids is 1. The first-order chi connectivity index (χ1) is 9.45. The van der Waals surface area contributed by atoms with Crippen LogP contribution in [0.4, 0.5) is 0 Å². The van der Waals surface area contributed by atoms with Crippen molar-refractivity contribution < 1.29 is 22.8 Å². The van der Waals surface area contributed by atoms with Crippen LogP contribution in [0.2, 0.25) is 0 Å². The third-order valence-electron chi connectivity index (χ3n) is 2.79. The Labute approximate surface area is 120 Å². The van der Waals surface area contributed by atoms with Gasteiger partial charge in [0, 0.05) is 12.0 Å². The molecule has 1 aromatic heterocycles. The van der Waals surface area contributed by atoms with Gasteiger partial charge in [0.05, 0.1) is 19.4 Å². The fourth-order valence-corrected chi connectivity index (χ4v) is 3.67. The van der Waals surface area contributed by atoms with E-state index in [9.17, 15) is 9.36 Å². The minimum atomic E-state index is -3.17. The average Bonchev–Trinajstić information content (AvgIpc) is 2.71. The summed E-state index contributed by atoms with van der Waals surface area (Å²) in [5.41, 5.74) is 0.703. The summed E-state index contributed by atoms with van der Waals surface area (Å²) in [6, 6.07) is 1.65. The van der Waals surface area contributed by atoms with Crippen molar-refractivity contribution in [2.45, 2.75) is 46.7 Å². The fraction of sp³-hybridized carbons (Fsp3) is 0.643. The van der Waals surface area contributed by atoms with Crippen LogP contribution >= 0.6 is 7.60 Å². The maximum absolute atomic E-state index is 12.5. The van der Waals surface area contributed by atoms with E-state index in [1.807, 2.05) is 6.92 Å². The fourth-order valence-electron chi connectivity index (χ4n) is 1.90. The molecule has 114 valence electrons. The molecule has 0 amide bonds. The Morgan fingerprint density at radius 3 is 2.35 bits per heavy atom. The molecule has 0 atom stereocenters. The summed E-state index contributed by atoms with van der Waals surface area (Å²) in [5.74, 6) is 0.868. The Morgan fingerprint density at radius 2 is 1.85 bits per heavy atom. The Morgan fingerprint density at radius 1 is 1.25 bits per heavy atom. The highest BCUT2D eigenvalue weighted by molar-refractivity contribution is 7.53. The number of Topliss-reactive ketones (excluding diaryl/α,β-unsaturated/α-hetero) is 1. The first-order valence-electron chi connectivity index (χ1n) is 6.96. The molecule has 0 saturated carbocycles. The largest absolute Gasteiger partial charge is 0.458 e. The molecule has 1 aromatic rings. The monoisotopic (exact) mass is 302 g/mol. The molecule has 6 heteroatoms. The van der Waals surface area contributed by atoms with E-state index in [0.29, 0.717) is 36.7 Å². The van der Waals surface area contributed by atoms with Crippen molar-refractivity contribution in [3.63, 3.8) is 0 Å². The molecule has 0 aromatic carbocycles. The molecular formula is C14H23O5P. The van der Waals surface area contributed by atoms with E-state index in [0.717, 1.165) is 6.42 Å². The van der Waals surface area contributed by atoms with Crippen molar-refractivity contribution in [1.82, 2.24) is 0 Å². The zero-order chi connectivity index (χ0) is 15.2. The van der Waals surface area contributed by atoms with Crippen LogP contribution in [0.3, 0.4) is 0 Å². The van der Waals surface area contributed by atoms with Gasteiger partial charge in [0.1, 0.15) is 5.76 Å². The Kier molecular flexibility index (Phi) is 6.66. The molecule has 0 fully saturated rings. The van der Waals surface area contributed by atoms with E-state index in [2.05, 4.69) is 0 Å². The summed E-state index contributed by atoms with van der Waals surface area (Å²) in [6.07, 6.45) is 1.34. The van der Waals surface area contributed by atoms with Crippen molar-refractivity contribution in [2.24, 2.45) is 0 Å². The summed E-state index contributed by atoms with van der Waals surface area (Å²) in [4.78, 5) is 11.8. The van der Waals surface area contributed by atoms with Gasteiger partial charge < -0.3 is 13.5 Å². The molecule has 1 heterocycles. The van der Waals surface area contributed by atoms with Crippen LogP contribution in [0, 0.1) is 6.92 Å². The Bertz CT molecular complexity index is 482. The molecule has 20 heavy (non-hydrogen) atoms. The first-order valence-corrected chi connectivity index (χ1v) is 8.69. The second-order valence-electron chi connectivity index (χ2n) is 4.47. The van der Waals surface area contributed by atoms with Gasteiger partial charge in [-0.3, -0.25) is 9.36 Å². The van der Waals surface area contributed by atoms with Crippen LogP contribution in [0.1, 0.15) is 55.5 Å². The lowest BCUT2D eigenvalue weighted by molar-refractivity contribution is 0.0953. The van der Waals surface area contributed by atoms with Gasteiger partial charge >= 0.3 is 7.60 Å². The van der Waals surface area contributed by atoms with E-state index in [-0.39, 0.29) is 11.9 Å². The minimum absolute atomic E-state index is 0.0375. The number of furan rings is 1. The van der Waals surface area contributed by atoms with Crippen LogP contribution < -0.4 is 0 Å². The summed E-state index contributed by atoms with van der Waals surface area (Å²) in [6.45, 7) is 7.85. The molecule has 0 unspecified atom stereocenters. The van der Waals surface area contributed by atoms with Crippen molar-refractivity contribution in [3.05, 3.63) is 23.2 Å². The number of aryl methyl sites for hydroxylation is 1. The zero-order valence-electron chi connectivity index (χ0n) is 12.6. The van der Waals surface area contributed by atoms with Gasteiger partial charge in [0.2, 0.25) is 0 Å². The lowest BCUT2D eigenvalue weighted by atomic mass is 10.2. The maximum atomic E-state index is 12.5. The van der Waals surface area contributed by atoms with E-state index < -0.39 is 7.60 Å². The second kappa shape index (κ2) is 7.77. The Hall–Kier alpha value is -0.900. The number of hydrogen-bond donors (Lipinski definition) is 0. The third kappa shape index (κ3) is 4.58. The van der Waals surface area contributed by atoms with Crippen molar-refractivity contribution >= 4 is 13.4 Å². The summed E-state index contributed by atoms with van der Waals surface area (Å²) < 4.78 is 28.4. The normalized spacial score (nSPS) is 11.8. The number of hydrogen-bond acceptors (Lipinski definition) is 5. The van der Waals surface area contributed by atoms with Gasteiger partial charge in [0.15, 0.2) is 11.5 Å². The SMILES string of the molecule is CCCC(=O)c1cc(CP(=O)(OCC)OCC)c(C)o1. The summed E-state index contributed by atoms with van der Waals surface area (Å²) in [5, 5.41) is 0. The summed E-state index contributed by atoms with van der Waals surface area (Å²) in [7, 11) is -3.17. The molecule has 0 aliphatic heterocycles. The quantitative estimate of drug-likeness (QED) is 0.501. The van der Waals surface area contributed by atoms with Crippen LogP contribution in [0.15, 0.2) is 10.5 Å². The number of ketones is 1. The molecule has 0 spiro atoms. The highest BCUT2D eigenvalue weighted by Crippen LogP contribution is 2.51. The molecule has 0 aliphatic carbocycles. The second-order valence-corrected chi connectivity index (χ2v) is 6.52. The average molecular weight is 302 g/mol. The van der Waals surface area contributed by atoms with Gasteiger partial charge in [-0.25, -0.2) is 0 Å². The topological polar surface area (TPSA) is 65.7 Å².